The molecule has 0 heterocycles. The molecule has 32 heavy (non-hydrogen) atoms. The first-order valence-corrected chi connectivity index (χ1v) is 11.6. The summed E-state index contributed by atoms with van der Waals surface area (Å²) in [7, 11) is 0. The minimum Gasteiger partial charge on any atom is -0.354 e. The molecule has 168 valence electrons. The molecule has 1 atom stereocenters. The second kappa shape index (κ2) is 11.5. The van der Waals surface area contributed by atoms with Crippen LogP contribution in [0.1, 0.15) is 49.8 Å². The molecular weight excluding hydrogens is 396 g/mol. The van der Waals surface area contributed by atoms with Crippen molar-refractivity contribution in [3.63, 3.8) is 0 Å². The maximum absolute atomic E-state index is 13.4. The molecule has 0 bridgehead atoms. The van der Waals surface area contributed by atoms with E-state index in [-0.39, 0.29) is 11.8 Å². The Morgan fingerprint density at radius 3 is 2.53 bits per heavy atom. The fourth-order valence-electron chi connectivity index (χ4n) is 4.02. The van der Waals surface area contributed by atoms with Crippen molar-refractivity contribution in [3.05, 3.63) is 83.4 Å². The molecule has 3 aromatic carbocycles. The lowest BCUT2D eigenvalue weighted by atomic mass is 10.0. The van der Waals surface area contributed by atoms with Gasteiger partial charge in [-0.2, -0.15) is 0 Å². The third-order valence-corrected chi connectivity index (χ3v) is 5.92. The van der Waals surface area contributed by atoms with E-state index in [4.69, 9.17) is 0 Å². The molecule has 0 radical (unpaired) electrons. The molecule has 0 aliphatic heterocycles. The van der Waals surface area contributed by atoms with E-state index in [9.17, 15) is 9.59 Å². The van der Waals surface area contributed by atoms with Gasteiger partial charge in [0.05, 0.1) is 0 Å². The number of hydrogen-bond donors (Lipinski definition) is 1. The van der Waals surface area contributed by atoms with Gasteiger partial charge in [-0.15, -0.1) is 0 Å². The molecule has 0 unspecified atom stereocenters. The number of hydrogen-bond acceptors (Lipinski definition) is 2. The van der Waals surface area contributed by atoms with Gasteiger partial charge in [0.1, 0.15) is 6.04 Å². The highest BCUT2D eigenvalue weighted by molar-refractivity contribution is 5.88. The predicted molar refractivity (Wildman–Crippen MR) is 131 cm³/mol. The first-order valence-electron chi connectivity index (χ1n) is 11.6. The smallest absolute Gasteiger partial charge is 0.242 e. The number of benzene rings is 3. The van der Waals surface area contributed by atoms with Crippen molar-refractivity contribution in [2.45, 2.75) is 59.0 Å². The highest BCUT2D eigenvalue weighted by atomic mass is 16.2. The van der Waals surface area contributed by atoms with Crippen molar-refractivity contribution >= 4 is 22.6 Å². The Morgan fingerprint density at radius 1 is 1.00 bits per heavy atom. The van der Waals surface area contributed by atoms with Crippen LogP contribution in [-0.2, 0) is 22.6 Å². The molecule has 4 heteroatoms. The lowest BCUT2D eigenvalue weighted by molar-refractivity contribution is -0.140. The minimum atomic E-state index is -0.521. The highest BCUT2D eigenvalue weighted by Gasteiger charge is 2.25. The lowest BCUT2D eigenvalue weighted by Crippen LogP contribution is -2.47. The van der Waals surface area contributed by atoms with Crippen LogP contribution in [0.25, 0.3) is 10.8 Å². The molecule has 0 aromatic heterocycles. The van der Waals surface area contributed by atoms with Crippen LogP contribution in [0.3, 0.4) is 0 Å². The third kappa shape index (κ3) is 6.19. The van der Waals surface area contributed by atoms with Gasteiger partial charge >= 0.3 is 0 Å². The topological polar surface area (TPSA) is 49.4 Å². The van der Waals surface area contributed by atoms with Gasteiger partial charge in [-0.1, -0.05) is 85.6 Å². The van der Waals surface area contributed by atoms with Crippen molar-refractivity contribution in [3.8, 4) is 0 Å². The summed E-state index contributed by atoms with van der Waals surface area (Å²) >= 11 is 0. The second-order valence-electron chi connectivity index (χ2n) is 8.47. The first kappa shape index (κ1) is 23.5. The maximum Gasteiger partial charge on any atom is 0.242 e. The average molecular weight is 431 g/mol. The molecule has 3 rings (SSSR count). The number of nitrogens with zero attached hydrogens (tertiary/aromatic N) is 1. The van der Waals surface area contributed by atoms with E-state index in [0.29, 0.717) is 25.9 Å². The summed E-state index contributed by atoms with van der Waals surface area (Å²) in [4.78, 5) is 27.9. The summed E-state index contributed by atoms with van der Waals surface area (Å²) in [5, 5.41) is 5.34. The zero-order chi connectivity index (χ0) is 22.9. The van der Waals surface area contributed by atoms with Gasteiger partial charge in [-0.3, -0.25) is 9.59 Å². The van der Waals surface area contributed by atoms with Crippen molar-refractivity contribution in [2.24, 2.45) is 0 Å². The summed E-state index contributed by atoms with van der Waals surface area (Å²) in [6.07, 6.45) is 2.97. The van der Waals surface area contributed by atoms with Crippen LogP contribution in [-0.4, -0.2) is 29.3 Å². The van der Waals surface area contributed by atoms with Crippen molar-refractivity contribution < 1.29 is 9.59 Å². The van der Waals surface area contributed by atoms with Gasteiger partial charge in [0.25, 0.3) is 0 Å². The van der Waals surface area contributed by atoms with Crippen LogP contribution in [0, 0.1) is 6.92 Å². The Balaban J connectivity index is 1.76. The third-order valence-electron chi connectivity index (χ3n) is 5.92. The molecule has 1 N–H and O–H groups in total. The number of nitrogens with one attached hydrogen (secondary N) is 1. The van der Waals surface area contributed by atoms with Crippen LogP contribution in [0.15, 0.2) is 66.7 Å². The number of carbonyl (C=O) groups is 2. The van der Waals surface area contributed by atoms with Crippen LogP contribution in [0.4, 0.5) is 0 Å². The molecule has 0 aliphatic carbocycles. The molecule has 0 fully saturated rings. The van der Waals surface area contributed by atoms with Crippen LogP contribution >= 0.6 is 0 Å². The average Bonchev–Trinajstić information content (AvgIpc) is 2.80. The number of amides is 2. The number of unbranched alkanes of at least 4 members (excludes halogenated alkanes) is 1. The molecule has 2 amide bonds. The second-order valence-corrected chi connectivity index (χ2v) is 8.47. The van der Waals surface area contributed by atoms with Crippen molar-refractivity contribution in [1.82, 2.24) is 10.2 Å². The Kier molecular flexibility index (Phi) is 8.43. The predicted octanol–water partition coefficient (Wildman–Crippen LogP) is 5.41. The Morgan fingerprint density at radius 2 is 1.75 bits per heavy atom. The normalized spacial score (nSPS) is 11.8. The van der Waals surface area contributed by atoms with Gasteiger partial charge in [0, 0.05) is 19.5 Å². The van der Waals surface area contributed by atoms with Gasteiger partial charge in [0.2, 0.25) is 11.8 Å². The van der Waals surface area contributed by atoms with Gasteiger partial charge in [-0.05, 0) is 48.6 Å². The fourth-order valence-corrected chi connectivity index (χ4v) is 4.02. The molecule has 3 aromatic rings. The van der Waals surface area contributed by atoms with E-state index in [1.807, 2.05) is 50.2 Å². The van der Waals surface area contributed by atoms with Gasteiger partial charge in [0.15, 0.2) is 0 Å². The highest BCUT2D eigenvalue weighted by Crippen LogP contribution is 2.21. The van der Waals surface area contributed by atoms with Crippen LogP contribution < -0.4 is 5.32 Å². The SMILES string of the molecule is CCCCNC(=O)[C@H](C)N(Cc1cccc(C)c1)C(=O)CCc1cccc2ccccc12. The molecule has 0 saturated heterocycles. The Labute approximate surface area is 191 Å². The standard InChI is InChI=1S/C28H34N2O2/c1-4-5-18-29-28(32)22(3)30(20-23-11-8-10-21(2)19-23)27(31)17-16-25-14-9-13-24-12-6-7-15-26(24)25/h6-15,19,22H,4-5,16-18,20H2,1-3H3,(H,29,32)/t22-/m0/s1. The zero-order valence-electron chi connectivity index (χ0n) is 19.4. The van der Waals surface area contributed by atoms with Crippen LogP contribution in [0.2, 0.25) is 0 Å². The summed E-state index contributed by atoms with van der Waals surface area (Å²) in [5.74, 6) is -0.0952. The number of rotatable bonds is 10. The summed E-state index contributed by atoms with van der Waals surface area (Å²) in [5.41, 5.74) is 3.34. The van der Waals surface area contributed by atoms with E-state index in [0.717, 1.165) is 29.5 Å². The van der Waals surface area contributed by atoms with E-state index >= 15 is 0 Å². The van der Waals surface area contributed by atoms with Crippen molar-refractivity contribution in [2.75, 3.05) is 6.54 Å². The Bertz CT molecular complexity index is 1050. The maximum atomic E-state index is 13.4. The fraction of sp³-hybridized carbons (Fsp3) is 0.357. The van der Waals surface area contributed by atoms with Gasteiger partial charge in [-0.25, -0.2) is 0 Å². The number of aryl methyl sites for hydroxylation is 2. The van der Waals surface area contributed by atoms with E-state index in [1.165, 1.54) is 10.8 Å². The number of carbonyl (C=O) groups excluding carboxylic acids is 2. The Hall–Kier alpha value is -3.14. The molecular formula is C28H34N2O2. The van der Waals surface area contributed by atoms with Gasteiger partial charge < -0.3 is 10.2 Å². The minimum absolute atomic E-state index is 0.00224. The summed E-state index contributed by atoms with van der Waals surface area (Å²) < 4.78 is 0. The molecule has 0 aliphatic rings. The van der Waals surface area contributed by atoms with Crippen molar-refractivity contribution in [1.29, 1.82) is 0 Å². The zero-order valence-corrected chi connectivity index (χ0v) is 19.4. The molecule has 4 nitrogen and oxygen atoms in total. The van der Waals surface area contributed by atoms with E-state index < -0.39 is 6.04 Å². The van der Waals surface area contributed by atoms with E-state index in [1.54, 1.807) is 4.90 Å². The molecule has 0 saturated carbocycles. The number of fused-ring (bicyclic) bond motifs is 1. The summed E-state index contributed by atoms with van der Waals surface area (Å²) in [6, 6.07) is 22.1. The largest absolute Gasteiger partial charge is 0.354 e. The molecule has 0 spiro atoms. The van der Waals surface area contributed by atoms with E-state index in [2.05, 4.69) is 42.6 Å². The summed E-state index contributed by atoms with van der Waals surface area (Å²) in [6.45, 7) is 7.03. The first-order chi connectivity index (χ1) is 15.5. The lowest BCUT2D eigenvalue weighted by Gasteiger charge is -2.29. The monoisotopic (exact) mass is 430 g/mol. The quantitative estimate of drug-likeness (QED) is 0.437. The van der Waals surface area contributed by atoms with Crippen LogP contribution in [0.5, 0.6) is 0 Å².